The first-order valence-electron chi connectivity index (χ1n) is 9.20. The monoisotopic (exact) mass is 415 g/mol. The number of methoxy groups -OCH3 is 1. The van der Waals surface area contributed by atoms with Crippen molar-refractivity contribution in [3.63, 3.8) is 0 Å². The lowest BCUT2D eigenvalue weighted by Crippen LogP contribution is -2.40. The first-order valence-corrected chi connectivity index (χ1v) is 9.58. The summed E-state index contributed by atoms with van der Waals surface area (Å²) in [4.78, 5) is 38.3. The second-order valence-corrected chi connectivity index (χ2v) is 7.10. The van der Waals surface area contributed by atoms with E-state index >= 15 is 0 Å². The van der Waals surface area contributed by atoms with Gasteiger partial charge in [-0.15, -0.1) is 0 Å². The number of nitrogens with one attached hydrogen (secondary N) is 2. The highest BCUT2D eigenvalue weighted by molar-refractivity contribution is 6.31. The normalized spacial score (nSPS) is 15.9. The summed E-state index contributed by atoms with van der Waals surface area (Å²) in [6.07, 6.45) is 0.110. The van der Waals surface area contributed by atoms with Crippen LogP contribution in [0.4, 0.5) is 5.69 Å². The van der Waals surface area contributed by atoms with Crippen molar-refractivity contribution in [3.05, 3.63) is 59.1 Å². The van der Waals surface area contributed by atoms with Crippen LogP contribution in [0, 0.1) is 5.92 Å². The maximum absolute atomic E-state index is 12.4. The van der Waals surface area contributed by atoms with Crippen molar-refractivity contribution >= 4 is 35.0 Å². The van der Waals surface area contributed by atoms with E-state index in [1.54, 1.807) is 42.3 Å². The summed E-state index contributed by atoms with van der Waals surface area (Å²) >= 11 is 6.05. The van der Waals surface area contributed by atoms with E-state index in [9.17, 15) is 14.4 Å². The molecule has 0 aromatic heterocycles. The van der Waals surface area contributed by atoms with E-state index in [0.717, 1.165) is 5.56 Å². The number of rotatable bonds is 7. The van der Waals surface area contributed by atoms with Gasteiger partial charge in [0.15, 0.2) is 0 Å². The summed E-state index contributed by atoms with van der Waals surface area (Å²) < 4.78 is 5.11. The van der Waals surface area contributed by atoms with Crippen molar-refractivity contribution < 1.29 is 19.1 Å². The predicted octanol–water partition coefficient (Wildman–Crippen LogP) is 2.13. The summed E-state index contributed by atoms with van der Waals surface area (Å²) in [5, 5.41) is 5.89. The Kier molecular flexibility index (Phi) is 6.72. The van der Waals surface area contributed by atoms with Crippen LogP contribution in [0.5, 0.6) is 5.75 Å². The van der Waals surface area contributed by atoms with E-state index in [0.29, 0.717) is 16.5 Å². The summed E-state index contributed by atoms with van der Waals surface area (Å²) in [6.45, 7) is 0.399. The van der Waals surface area contributed by atoms with Gasteiger partial charge in [0.1, 0.15) is 5.75 Å². The van der Waals surface area contributed by atoms with Gasteiger partial charge in [0.05, 0.1) is 19.6 Å². The molecule has 3 rings (SSSR count). The van der Waals surface area contributed by atoms with Gasteiger partial charge >= 0.3 is 0 Å². The molecule has 1 aliphatic rings. The van der Waals surface area contributed by atoms with Crippen LogP contribution >= 0.6 is 11.6 Å². The standard InChI is InChI=1S/C21H22ClN3O4/c1-29-17-8-6-16(7-9-17)25-13-15(10-20(25)27)21(28)24-12-19(26)23-11-14-4-2-3-5-18(14)22/h2-9,15H,10-13H2,1H3,(H,23,26)(H,24,28)/t15-/m0/s1. The summed E-state index contributed by atoms with van der Waals surface area (Å²) in [5.74, 6) is -0.575. The molecule has 7 nitrogen and oxygen atoms in total. The van der Waals surface area contributed by atoms with Crippen LogP contribution in [0.25, 0.3) is 0 Å². The smallest absolute Gasteiger partial charge is 0.239 e. The number of halogens is 1. The van der Waals surface area contributed by atoms with Crippen molar-refractivity contribution in [2.75, 3.05) is 25.1 Å². The molecule has 0 bridgehead atoms. The summed E-state index contributed by atoms with van der Waals surface area (Å²) in [7, 11) is 1.57. The first kappa shape index (κ1) is 20.7. The minimum absolute atomic E-state index is 0.110. The van der Waals surface area contributed by atoms with Gasteiger partial charge in [0.2, 0.25) is 17.7 Å². The number of nitrogens with zero attached hydrogens (tertiary/aromatic N) is 1. The van der Waals surface area contributed by atoms with E-state index in [-0.39, 0.29) is 43.8 Å². The van der Waals surface area contributed by atoms with Crippen LogP contribution in [0.15, 0.2) is 48.5 Å². The molecule has 0 unspecified atom stereocenters. The lowest BCUT2D eigenvalue weighted by atomic mass is 10.1. The van der Waals surface area contributed by atoms with Crippen molar-refractivity contribution in [2.24, 2.45) is 5.92 Å². The number of carbonyl (C=O) groups excluding carboxylic acids is 3. The lowest BCUT2D eigenvalue weighted by molar-refractivity contribution is -0.129. The fourth-order valence-corrected chi connectivity index (χ4v) is 3.31. The average molecular weight is 416 g/mol. The number of amides is 3. The van der Waals surface area contributed by atoms with Crippen molar-refractivity contribution in [1.82, 2.24) is 10.6 Å². The van der Waals surface area contributed by atoms with Gasteiger partial charge in [0, 0.05) is 30.2 Å². The predicted molar refractivity (Wildman–Crippen MR) is 110 cm³/mol. The molecule has 1 fully saturated rings. The minimum atomic E-state index is -0.499. The van der Waals surface area contributed by atoms with E-state index in [1.165, 1.54) is 0 Å². The zero-order chi connectivity index (χ0) is 20.8. The molecule has 1 atom stereocenters. The van der Waals surface area contributed by atoms with E-state index < -0.39 is 5.92 Å². The Morgan fingerprint density at radius 3 is 2.55 bits per heavy atom. The number of hydrogen-bond donors (Lipinski definition) is 2. The quantitative estimate of drug-likeness (QED) is 0.725. The number of anilines is 1. The average Bonchev–Trinajstić information content (AvgIpc) is 3.13. The fraction of sp³-hybridized carbons (Fsp3) is 0.286. The highest BCUT2D eigenvalue weighted by Crippen LogP contribution is 2.26. The molecule has 29 heavy (non-hydrogen) atoms. The minimum Gasteiger partial charge on any atom is -0.497 e. The van der Waals surface area contributed by atoms with Crippen molar-refractivity contribution in [1.29, 1.82) is 0 Å². The highest BCUT2D eigenvalue weighted by atomic mass is 35.5. The van der Waals surface area contributed by atoms with Crippen LogP contribution in [-0.2, 0) is 20.9 Å². The molecular weight excluding hydrogens is 394 g/mol. The lowest BCUT2D eigenvalue weighted by Gasteiger charge is -2.17. The van der Waals surface area contributed by atoms with Gasteiger partial charge in [-0.05, 0) is 35.9 Å². The molecule has 2 aromatic carbocycles. The van der Waals surface area contributed by atoms with Crippen molar-refractivity contribution in [3.8, 4) is 5.75 Å². The highest BCUT2D eigenvalue weighted by Gasteiger charge is 2.35. The number of hydrogen-bond acceptors (Lipinski definition) is 4. The number of benzene rings is 2. The third-order valence-corrected chi connectivity index (χ3v) is 5.11. The van der Waals surface area contributed by atoms with Crippen LogP contribution in [0.3, 0.4) is 0 Å². The Morgan fingerprint density at radius 2 is 1.86 bits per heavy atom. The topological polar surface area (TPSA) is 87.7 Å². The molecule has 1 heterocycles. The molecule has 0 saturated carbocycles. The first-order chi connectivity index (χ1) is 14.0. The van der Waals surface area contributed by atoms with Gasteiger partial charge in [-0.1, -0.05) is 29.8 Å². The Bertz CT molecular complexity index is 901. The fourth-order valence-electron chi connectivity index (χ4n) is 3.10. The molecule has 0 aliphatic carbocycles. The molecule has 2 N–H and O–H groups in total. The largest absolute Gasteiger partial charge is 0.497 e. The van der Waals surface area contributed by atoms with Gasteiger partial charge in [-0.3, -0.25) is 14.4 Å². The molecule has 1 saturated heterocycles. The summed E-state index contributed by atoms with van der Waals surface area (Å²) in [6, 6.07) is 14.3. The van der Waals surface area contributed by atoms with E-state index in [2.05, 4.69) is 10.6 Å². The van der Waals surface area contributed by atoms with Crippen LogP contribution < -0.4 is 20.3 Å². The Balaban J connectivity index is 1.47. The zero-order valence-corrected chi connectivity index (χ0v) is 16.7. The molecule has 8 heteroatoms. The maximum Gasteiger partial charge on any atom is 0.239 e. The third kappa shape index (κ3) is 5.26. The molecule has 3 amide bonds. The number of carbonyl (C=O) groups is 3. The Labute approximate surface area is 174 Å². The summed E-state index contributed by atoms with van der Waals surface area (Å²) in [5.41, 5.74) is 1.51. The van der Waals surface area contributed by atoms with Gasteiger partial charge in [-0.2, -0.15) is 0 Å². The third-order valence-electron chi connectivity index (χ3n) is 4.74. The molecule has 152 valence electrons. The molecule has 0 spiro atoms. The SMILES string of the molecule is COc1ccc(N2C[C@@H](C(=O)NCC(=O)NCc3ccccc3Cl)CC2=O)cc1. The van der Waals surface area contributed by atoms with Crippen LogP contribution in [0.1, 0.15) is 12.0 Å². The second-order valence-electron chi connectivity index (χ2n) is 6.69. The molecule has 1 aliphatic heterocycles. The molecular formula is C21H22ClN3O4. The molecule has 0 radical (unpaired) electrons. The molecule has 2 aromatic rings. The van der Waals surface area contributed by atoms with E-state index in [1.807, 2.05) is 18.2 Å². The van der Waals surface area contributed by atoms with Gasteiger partial charge < -0.3 is 20.3 Å². The van der Waals surface area contributed by atoms with Gasteiger partial charge in [0.25, 0.3) is 0 Å². The Morgan fingerprint density at radius 1 is 1.14 bits per heavy atom. The second kappa shape index (κ2) is 9.43. The number of ether oxygens (including phenoxy) is 1. The van der Waals surface area contributed by atoms with E-state index in [4.69, 9.17) is 16.3 Å². The van der Waals surface area contributed by atoms with Crippen molar-refractivity contribution in [2.45, 2.75) is 13.0 Å². The van der Waals surface area contributed by atoms with Gasteiger partial charge in [-0.25, -0.2) is 0 Å². The Hall–Kier alpha value is -3.06. The van der Waals surface area contributed by atoms with Crippen LogP contribution in [0.2, 0.25) is 5.02 Å². The maximum atomic E-state index is 12.4. The van der Waals surface area contributed by atoms with Crippen LogP contribution in [-0.4, -0.2) is 37.9 Å². The zero-order valence-electron chi connectivity index (χ0n) is 16.0.